The van der Waals surface area contributed by atoms with Gasteiger partial charge in [0.1, 0.15) is 0 Å². The molecule has 0 fully saturated rings. The quantitative estimate of drug-likeness (QED) is 0.0361. The van der Waals surface area contributed by atoms with Gasteiger partial charge in [-0.3, -0.25) is 0 Å². The molecule has 2 nitrogen and oxygen atoms in total. The van der Waals surface area contributed by atoms with Crippen LogP contribution in [0.4, 0.5) is 34.1 Å². The fourth-order valence-corrected chi connectivity index (χ4v) is 19.1. The standard InChI is InChI=1S/C108H118Br2N2/c1-9-14-19-22-24-27-72-107(73-28-25-23-20-15-10-2)102-76-96(111(92-58-44-84(45-59-92)81-38-32-78(33-39-81)29-17-12-4)93-60-46-85(47-61-93)82-40-34-79(35-41-82)30-18-13-5)66-70-98(102)99-71-67-97(77-103(99)107)112(94-62-48-86(49-63-94)83-42-52-87(53-43-83)106(6,7)8)95-64-54-89(55-65-95)108(88-50-36-80(37-51-88)31-26-21-16-11-3)104-74-90(109)56-68-100(104)101-69-57-91(110)75-105(101)108/h32-71,74-77H,9-31,72-73H2,1-8H3. The number of rotatable bonds is 36. The van der Waals surface area contributed by atoms with Crippen LogP contribution in [0.25, 0.3) is 55.6 Å². The maximum Gasteiger partial charge on any atom is 0.0714 e. The Morgan fingerprint density at radius 2 is 0.536 bits per heavy atom. The van der Waals surface area contributed by atoms with E-state index in [0.717, 1.165) is 63.8 Å². The molecule has 0 saturated heterocycles. The van der Waals surface area contributed by atoms with E-state index in [0.29, 0.717) is 0 Å². The Hall–Kier alpha value is -8.80. The molecule has 574 valence electrons. The van der Waals surface area contributed by atoms with E-state index in [1.54, 1.807) is 0 Å². The number of nitrogens with zero attached hydrogens (tertiary/aromatic N) is 2. The molecule has 0 amide bonds. The van der Waals surface area contributed by atoms with Gasteiger partial charge in [-0.25, -0.2) is 0 Å². The van der Waals surface area contributed by atoms with E-state index in [1.807, 2.05) is 0 Å². The predicted molar refractivity (Wildman–Crippen MR) is 491 cm³/mol. The molecule has 0 atom stereocenters. The molecule has 0 heterocycles. The van der Waals surface area contributed by atoms with Crippen molar-refractivity contribution in [3.8, 4) is 55.6 Å². The maximum absolute atomic E-state index is 4.02. The Morgan fingerprint density at radius 3 is 0.902 bits per heavy atom. The highest BCUT2D eigenvalue weighted by molar-refractivity contribution is 9.10. The first-order chi connectivity index (χ1) is 54.7. The predicted octanol–water partition coefficient (Wildman–Crippen LogP) is 33.4. The number of hydrogen-bond acceptors (Lipinski definition) is 2. The van der Waals surface area contributed by atoms with Gasteiger partial charge in [0, 0.05) is 48.5 Å². The van der Waals surface area contributed by atoms with Crippen LogP contribution in [0, 0.1) is 0 Å². The van der Waals surface area contributed by atoms with E-state index < -0.39 is 5.41 Å². The van der Waals surface area contributed by atoms with Crippen LogP contribution in [0.5, 0.6) is 0 Å². The van der Waals surface area contributed by atoms with Crippen molar-refractivity contribution >= 4 is 66.0 Å². The van der Waals surface area contributed by atoms with Gasteiger partial charge in [-0.2, -0.15) is 0 Å². The van der Waals surface area contributed by atoms with Crippen LogP contribution < -0.4 is 9.80 Å². The molecule has 0 aliphatic heterocycles. The molecule has 12 aromatic rings. The van der Waals surface area contributed by atoms with E-state index >= 15 is 0 Å². The second-order valence-electron chi connectivity index (χ2n) is 33.5. The number of fused-ring (bicyclic) bond motifs is 6. The number of unbranched alkanes of at least 4 members (excludes halogenated alkanes) is 15. The average molecular weight is 1600 g/mol. The summed E-state index contributed by atoms with van der Waals surface area (Å²) in [6.45, 7) is 18.5. The molecule has 0 bridgehead atoms. The molecular formula is C108H118Br2N2. The van der Waals surface area contributed by atoms with Gasteiger partial charge in [-0.05, 0) is 265 Å². The third kappa shape index (κ3) is 17.5. The van der Waals surface area contributed by atoms with Crippen molar-refractivity contribution in [2.45, 2.75) is 232 Å². The molecule has 12 aromatic carbocycles. The molecule has 0 radical (unpaired) electrons. The summed E-state index contributed by atoms with van der Waals surface area (Å²) in [6, 6.07) is 105. The van der Waals surface area contributed by atoms with Crippen LogP contribution in [-0.4, -0.2) is 0 Å². The van der Waals surface area contributed by atoms with Crippen LogP contribution >= 0.6 is 31.9 Å². The average Bonchev–Trinajstić information content (AvgIpc) is 1.53. The molecule has 0 unspecified atom stereocenters. The van der Waals surface area contributed by atoms with E-state index in [2.05, 4.69) is 364 Å². The lowest BCUT2D eigenvalue weighted by molar-refractivity contribution is 0.398. The lowest BCUT2D eigenvalue weighted by Crippen LogP contribution is -2.29. The van der Waals surface area contributed by atoms with Crippen LogP contribution in [0.3, 0.4) is 0 Å². The van der Waals surface area contributed by atoms with Gasteiger partial charge in [0.25, 0.3) is 0 Å². The third-order valence-corrected chi connectivity index (χ3v) is 25.7. The lowest BCUT2D eigenvalue weighted by atomic mass is 9.67. The van der Waals surface area contributed by atoms with Gasteiger partial charge >= 0.3 is 0 Å². The summed E-state index contributed by atoms with van der Waals surface area (Å²) < 4.78 is 2.16. The fraction of sp³-hybridized carbons (Fsp3) is 0.333. The smallest absolute Gasteiger partial charge is 0.0714 e. The maximum atomic E-state index is 4.02. The first-order valence-corrected chi connectivity index (χ1v) is 44.6. The SMILES string of the molecule is CCCCCCCCC1(CCCCCCCC)c2cc(N(c3ccc(-c4ccc(CCCC)cc4)cc3)c3ccc(-c4ccc(CCCC)cc4)cc3)ccc2-c2ccc(N(c3ccc(-c4ccc(C(C)(C)C)cc4)cc3)c3ccc(C4(c5ccc(CCCCCC)cc5)c5cc(Br)ccc5-c5ccc(Br)cc54)cc3)cc21. The zero-order valence-electron chi connectivity index (χ0n) is 68.2. The first kappa shape index (κ1) is 79.8. The minimum Gasteiger partial charge on any atom is -0.310 e. The topological polar surface area (TPSA) is 6.48 Å². The Balaban J connectivity index is 0.922. The molecule has 0 aromatic heterocycles. The highest BCUT2D eigenvalue weighted by Gasteiger charge is 2.47. The molecule has 2 aliphatic rings. The highest BCUT2D eigenvalue weighted by atomic mass is 79.9. The van der Waals surface area contributed by atoms with Crippen molar-refractivity contribution in [3.63, 3.8) is 0 Å². The molecule has 4 heteroatoms. The molecular weight excluding hydrogens is 1490 g/mol. The van der Waals surface area contributed by atoms with E-state index in [4.69, 9.17) is 0 Å². The second-order valence-corrected chi connectivity index (χ2v) is 35.3. The van der Waals surface area contributed by atoms with Crippen LogP contribution in [-0.2, 0) is 35.5 Å². The van der Waals surface area contributed by atoms with E-state index in [-0.39, 0.29) is 10.8 Å². The third-order valence-electron chi connectivity index (χ3n) is 24.8. The van der Waals surface area contributed by atoms with Crippen molar-refractivity contribution in [2.75, 3.05) is 9.80 Å². The van der Waals surface area contributed by atoms with Gasteiger partial charge < -0.3 is 9.80 Å². The molecule has 14 rings (SSSR count). The molecule has 0 spiro atoms. The zero-order chi connectivity index (χ0) is 77.6. The summed E-state index contributed by atoms with van der Waals surface area (Å²) in [6.07, 6.45) is 30.3. The normalized spacial score (nSPS) is 13.1. The van der Waals surface area contributed by atoms with Crippen molar-refractivity contribution in [1.29, 1.82) is 0 Å². The molecule has 0 N–H and O–H groups in total. The minimum absolute atomic E-state index is 0.0679. The first-order valence-electron chi connectivity index (χ1n) is 43.0. The highest BCUT2D eigenvalue weighted by Crippen LogP contribution is 2.60. The van der Waals surface area contributed by atoms with Crippen molar-refractivity contribution < 1.29 is 0 Å². The largest absolute Gasteiger partial charge is 0.310 e. The molecule has 0 saturated carbocycles. The van der Waals surface area contributed by atoms with E-state index in [9.17, 15) is 0 Å². The van der Waals surface area contributed by atoms with Gasteiger partial charge in [0.2, 0.25) is 0 Å². The number of benzene rings is 12. The van der Waals surface area contributed by atoms with Gasteiger partial charge in [-0.15, -0.1) is 0 Å². The van der Waals surface area contributed by atoms with Crippen molar-refractivity contribution in [2.24, 2.45) is 0 Å². The Labute approximate surface area is 689 Å². The van der Waals surface area contributed by atoms with Crippen molar-refractivity contribution in [1.82, 2.24) is 0 Å². The number of halogens is 2. The van der Waals surface area contributed by atoms with Gasteiger partial charge in [0.15, 0.2) is 0 Å². The number of aryl methyl sites for hydroxylation is 3. The van der Waals surface area contributed by atoms with Crippen LogP contribution in [0.2, 0.25) is 0 Å². The number of anilines is 6. The summed E-state index contributed by atoms with van der Waals surface area (Å²) in [4.78, 5) is 5.12. The molecule has 2 aliphatic carbocycles. The molecule has 112 heavy (non-hydrogen) atoms. The zero-order valence-corrected chi connectivity index (χ0v) is 71.4. The van der Waals surface area contributed by atoms with Crippen LogP contribution in [0.1, 0.15) is 252 Å². The summed E-state index contributed by atoms with van der Waals surface area (Å²) in [7, 11) is 0. The fourth-order valence-electron chi connectivity index (χ4n) is 18.4. The summed E-state index contributed by atoms with van der Waals surface area (Å²) >= 11 is 8.04. The minimum atomic E-state index is -0.597. The van der Waals surface area contributed by atoms with Gasteiger partial charge in [0.05, 0.1) is 5.41 Å². The Kier molecular flexibility index (Phi) is 26.4. The van der Waals surface area contributed by atoms with Gasteiger partial charge in [-0.1, -0.05) is 366 Å². The monoisotopic (exact) mass is 1600 g/mol. The Morgan fingerprint density at radius 1 is 0.259 bits per heavy atom. The van der Waals surface area contributed by atoms with E-state index in [1.165, 1.54) is 251 Å². The van der Waals surface area contributed by atoms with Crippen LogP contribution in [0.15, 0.2) is 276 Å². The Bertz CT molecular complexity index is 4880. The number of hydrogen-bond donors (Lipinski definition) is 0. The summed E-state index contributed by atoms with van der Waals surface area (Å²) in [5.74, 6) is 0. The van der Waals surface area contributed by atoms with Crippen molar-refractivity contribution in [3.05, 3.63) is 332 Å². The summed E-state index contributed by atoms with van der Waals surface area (Å²) in [5, 5.41) is 0. The second kappa shape index (κ2) is 37.0. The lowest BCUT2D eigenvalue weighted by Gasteiger charge is -2.36. The summed E-state index contributed by atoms with van der Waals surface area (Å²) in [5.41, 5.74) is 32.5.